The molecular formula is C13H10N2O3. The summed E-state index contributed by atoms with van der Waals surface area (Å²) in [6.45, 7) is 0. The first kappa shape index (κ1) is 11.7. The second kappa shape index (κ2) is 5.06. The standard InChI is InChI=1S/C13H10N2O3/c1-17-10-4-2-5-11(8-10)18-13-6-3-7-15(16)12(13)9-14/h2-8H,1H3. The first-order valence-corrected chi connectivity index (χ1v) is 5.19. The third-order valence-corrected chi connectivity index (χ3v) is 2.30. The number of aromatic nitrogens is 1. The van der Waals surface area contributed by atoms with Crippen LogP contribution in [0.3, 0.4) is 0 Å². The van der Waals surface area contributed by atoms with E-state index in [1.54, 1.807) is 43.5 Å². The molecule has 0 aliphatic heterocycles. The molecule has 2 aromatic rings. The van der Waals surface area contributed by atoms with Gasteiger partial charge in [0.1, 0.15) is 11.5 Å². The van der Waals surface area contributed by atoms with Gasteiger partial charge in [0.2, 0.25) is 5.75 Å². The summed E-state index contributed by atoms with van der Waals surface area (Å²) >= 11 is 0. The van der Waals surface area contributed by atoms with Gasteiger partial charge in [0.15, 0.2) is 12.3 Å². The average molecular weight is 242 g/mol. The summed E-state index contributed by atoms with van der Waals surface area (Å²) in [5.74, 6) is 1.34. The van der Waals surface area contributed by atoms with Gasteiger partial charge in [-0.1, -0.05) is 6.07 Å². The second-order valence-electron chi connectivity index (χ2n) is 3.44. The van der Waals surface area contributed by atoms with Crippen molar-refractivity contribution in [1.82, 2.24) is 0 Å². The van der Waals surface area contributed by atoms with Crippen molar-refractivity contribution >= 4 is 0 Å². The van der Waals surface area contributed by atoms with Gasteiger partial charge < -0.3 is 14.7 Å². The highest BCUT2D eigenvalue weighted by atomic mass is 16.5. The van der Waals surface area contributed by atoms with E-state index in [2.05, 4.69) is 0 Å². The molecular weight excluding hydrogens is 232 g/mol. The van der Waals surface area contributed by atoms with Crippen molar-refractivity contribution in [3.63, 3.8) is 0 Å². The number of hydrogen-bond donors (Lipinski definition) is 0. The van der Waals surface area contributed by atoms with E-state index in [1.807, 2.05) is 0 Å². The quantitative estimate of drug-likeness (QED) is 0.609. The maximum absolute atomic E-state index is 11.4. The zero-order chi connectivity index (χ0) is 13.0. The van der Waals surface area contributed by atoms with Gasteiger partial charge in [-0.3, -0.25) is 0 Å². The molecule has 1 aromatic carbocycles. The Bertz CT molecular complexity index is 605. The highest BCUT2D eigenvalue weighted by Gasteiger charge is 2.13. The molecule has 0 bridgehead atoms. The molecule has 0 N–H and O–H groups in total. The summed E-state index contributed by atoms with van der Waals surface area (Å²) in [6.07, 6.45) is 1.25. The molecule has 5 nitrogen and oxygen atoms in total. The molecule has 0 atom stereocenters. The lowest BCUT2D eigenvalue weighted by atomic mass is 10.3. The number of pyridine rings is 1. The normalized spacial score (nSPS) is 9.56. The Morgan fingerprint density at radius 1 is 1.22 bits per heavy atom. The van der Waals surface area contributed by atoms with Gasteiger partial charge >= 0.3 is 5.69 Å². The van der Waals surface area contributed by atoms with Crippen LogP contribution >= 0.6 is 0 Å². The SMILES string of the molecule is COc1cccc(Oc2ccc[n+]([O-])c2C#N)c1. The van der Waals surface area contributed by atoms with Crippen molar-refractivity contribution in [2.75, 3.05) is 7.11 Å². The van der Waals surface area contributed by atoms with Crippen LogP contribution in [0.15, 0.2) is 42.6 Å². The molecule has 0 saturated carbocycles. The average Bonchev–Trinajstić information content (AvgIpc) is 2.39. The van der Waals surface area contributed by atoms with Crippen LogP contribution in [0, 0.1) is 16.5 Å². The van der Waals surface area contributed by atoms with E-state index < -0.39 is 0 Å². The van der Waals surface area contributed by atoms with E-state index in [1.165, 1.54) is 12.3 Å². The first-order valence-electron chi connectivity index (χ1n) is 5.19. The van der Waals surface area contributed by atoms with E-state index in [0.717, 1.165) is 0 Å². The lowest BCUT2D eigenvalue weighted by Gasteiger charge is -2.08. The highest BCUT2D eigenvalue weighted by molar-refractivity contribution is 5.40. The fourth-order valence-electron chi connectivity index (χ4n) is 1.45. The number of nitriles is 1. The van der Waals surface area contributed by atoms with E-state index in [4.69, 9.17) is 14.7 Å². The molecule has 18 heavy (non-hydrogen) atoms. The van der Waals surface area contributed by atoms with Crippen molar-refractivity contribution in [3.8, 4) is 23.3 Å². The molecule has 90 valence electrons. The fourth-order valence-corrected chi connectivity index (χ4v) is 1.45. The molecule has 1 aromatic heterocycles. The van der Waals surface area contributed by atoms with Crippen LogP contribution in [-0.4, -0.2) is 7.11 Å². The third-order valence-electron chi connectivity index (χ3n) is 2.30. The van der Waals surface area contributed by atoms with Crippen molar-refractivity contribution in [3.05, 3.63) is 53.5 Å². The van der Waals surface area contributed by atoms with Gasteiger partial charge in [-0.25, -0.2) is 0 Å². The van der Waals surface area contributed by atoms with Gasteiger partial charge in [0, 0.05) is 12.1 Å². The topological polar surface area (TPSA) is 69.2 Å². The lowest BCUT2D eigenvalue weighted by Crippen LogP contribution is -2.29. The molecule has 0 spiro atoms. The Kier molecular flexibility index (Phi) is 3.30. The number of hydrogen-bond acceptors (Lipinski definition) is 4. The number of rotatable bonds is 3. The van der Waals surface area contributed by atoms with Crippen LogP contribution in [-0.2, 0) is 0 Å². The smallest absolute Gasteiger partial charge is 0.337 e. The Morgan fingerprint density at radius 2 is 2.00 bits per heavy atom. The molecule has 0 unspecified atom stereocenters. The molecule has 1 heterocycles. The van der Waals surface area contributed by atoms with Gasteiger partial charge in [-0.05, 0) is 18.2 Å². The monoisotopic (exact) mass is 242 g/mol. The van der Waals surface area contributed by atoms with Gasteiger partial charge in [-0.2, -0.15) is 9.99 Å². The lowest BCUT2D eigenvalue weighted by molar-refractivity contribution is -0.608. The van der Waals surface area contributed by atoms with Gasteiger partial charge in [0.25, 0.3) is 0 Å². The maximum atomic E-state index is 11.4. The van der Waals surface area contributed by atoms with E-state index in [0.29, 0.717) is 16.2 Å². The summed E-state index contributed by atoms with van der Waals surface area (Å²) < 4.78 is 11.0. The van der Waals surface area contributed by atoms with E-state index in [-0.39, 0.29) is 11.4 Å². The number of ether oxygens (including phenoxy) is 2. The minimum atomic E-state index is -0.0830. The minimum absolute atomic E-state index is 0.0830. The minimum Gasteiger partial charge on any atom is -0.618 e. The molecule has 0 aliphatic carbocycles. The largest absolute Gasteiger partial charge is 0.618 e. The Hall–Kier alpha value is -2.74. The second-order valence-corrected chi connectivity index (χ2v) is 3.44. The zero-order valence-electron chi connectivity index (χ0n) is 9.66. The molecule has 5 heteroatoms. The van der Waals surface area contributed by atoms with Gasteiger partial charge in [-0.15, -0.1) is 0 Å². The molecule has 2 rings (SSSR count). The van der Waals surface area contributed by atoms with Crippen molar-refractivity contribution in [2.24, 2.45) is 0 Å². The zero-order valence-corrected chi connectivity index (χ0v) is 9.66. The molecule has 0 aliphatic rings. The van der Waals surface area contributed by atoms with Crippen LogP contribution in [0.25, 0.3) is 0 Å². The summed E-state index contributed by atoms with van der Waals surface area (Å²) in [5.41, 5.74) is -0.0830. The van der Waals surface area contributed by atoms with Crippen LogP contribution < -0.4 is 14.2 Å². The Labute approximate surface area is 104 Å². The number of nitrogens with zero attached hydrogens (tertiary/aromatic N) is 2. The fraction of sp³-hybridized carbons (Fsp3) is 0.0769. The number of methoxy groups -OCH3 is 1. The summed E-state index contributed by atoms with van der Waals surface area (Å²) in [7, 11) is 1.55. The third kappa shape index (κ3) is 2.33. The molecule has 0 saturated heterocycles. The molecule has 0 fully saturated rings. The van der Waals surface area contributed by atoms with Crippen LogP contribution in [0.4, 0.5) is 0 Å². The van der Waals surface area contributed by atoms with E-state index >= 15 is 0 Å². The summed E-state index contributed by atoms with van der Waals surface area (Å²) in [6, 6.07) is 11.8. The van der Waals surface area contributed by atoms with E-state index in [9.17, 15) is 5.21 Å². The Balaban J connectivity index is 2.34. The predicted octanol–water partition coefficient (Wildman–Crippen LogP) is 1.99. The maximum Gasteiger partial charge on any atom is 0.337 e. The predicted molar refractivity (Wildman–Crippen MR) is 63.2 cm³/mol. The first-order chi connectivity index (χ1) is 8.74. The number of benzene rings is 1. The highest BCUT2D eigenvalue weighted by Crippen LogP contribution is 2.25. The van der Waals surface area contributed by atoms with Gasteiger partial charge in [0.05, 0.1) is 7.11 Å². The van der Waals surface area contributed by atoms with Crippen molar-refractivity contribution in [1.29, 1.82) is 5.26 Å². The molecule has 0 radical (unpaired) electrons. The summed E-state index contributed by atoms with van der Waals surface area (Å²) in [4.78, 5) is 0. The van der Waals surface area contributed by atoms with Crippen molar-refractivity contribution in [2.45, 2.75) is 0 Å². The van der Waals surface area contributed by atoms with Crippen LogP contribution in [0.1, 0.15) is 5.69 Å². The Morgan fingerprint density at radius 3 is 2.72 bits per heavy atom. The molecule has 0 amide bonds. The summed E-state index contributed by atoms with van der Waals surface area (Å²) in [5, 5.41) is 20.3. The van der Waals surface area contributed by atoms with Crippen LogP contribution in [0.2, 0.25) is 0 Å². The van der Waals surface area contributed by atoms with Crippen molar-refractivity contribution < 1.29 is 14.2 Å². The van der Waals surface area contributed by atoms with Crippen LogP contribution in [0.5, 0.6) is 17.2 Å².